The van der Waals surface area contributed by atoms with Gasteiger partial charge in [0.1, 0.15) is 5.82 Å². The molecule has 29 heavy (non-hydrogen) atoms. The van der Waals surface area contributed by atoms with Gasteiger partial charge in [-0.1, -0.05) is 30.3 Å². The Kier molecular flexibility index (Phi) is 6.58. The Labute approximate surface area is 170 Å². The highest BCUT2D eigenvalue weighted by Gasteiger charge is 2.15. The van der Waals surface area contributed by atoms with Gasteiger partial charge >= 0.3 is 5.97 Å². The van der Waals surface area contributed by atoms with Crippen molar-refractivity contribution in [1.29, 1.82) is 0 Å². The van der Waals surface area contributed by atoms with Crippen LogP contribution in [0.4, 0.5) is 11.5 Å². The average Bonchev–Trinajstić information content (AvgIpc) is 2.78. The van der Waals surface area contributed by atoms with E-state index in [0.29, 0.717) is 30.0 Å². The Morgan fingerprint density at radius 2 is 1.66 bits per heavy atom. The molecule has 1 N–H and O–H groups in total. The molecule has 0 unspecified atom stereocenters. The summed E-state index contributed by atoms with van der Waals surface area (Å²) in [6.45, 7) is 3.13. The molecular formula is C23H23N3O3. The number of hydrogen-bond donors (Lipinski definition) is 1. The fraction of sp³-hybridized carbons (Fsp3) is 0.174. The molecule has 0 atom stereocenters. The second kappa shape index (κ2) is 9.50. The maximum absolute atomic E-state index is 12.8. The molecule has 0 saturated heterocycles. The molecule has 3 aromatic rings. The molecule has 0 aliphatic rings. The first kappa shape index (κ1) is 20.1. The number of hydrogen-bond acceptors (Lipinski definition) is 5. The number of esters is 1. The number of carbonyl (C=O) groups is 2. The van der Waals surface area contributed by atoms with E-state index in [-0.39, 0.29) is 11.9 Å². The number of amides is 1. The van der Waals surface area contributed by atoms with Crippen molar-refractivity contribution in [2.45, 2.75) is 13.5 Å². The van der Waals surface area contributed by atoms with Crippen molar-refractivity contribution in [3.05, 3.63) is 89.6 Å². The largest absolute Gasteiger partial charge is 0.465 e. The highest BCUT2D eigenvalue weighted by atomic mass is 16.5. The van der Waals surface area contributed by atoms with Crippen LogP contribution < -0.4 is 5.32 Å². The van der Waals surface area contributed by atoms with Crippen molar-refractivity contribution in [2.75, 3.05) is 19.0 Å². The third-order valence-electron chi connectivity index (χ3n) is 4.47. The Balaban J connectivity index is 1.65. The summed E-state index contributed by atoms with van der Waals surface area (Å²) >= 11 is 0. The van der Waals surface area contributed by atoms with Crippen molar-refractivity contribution < 1.29 is 14.3 Å². The maximum atomic E-state index is 12.8. The molecular weight excluding hydrogens is 366 g/mol. The Hall–Kier alpha value is -3.67. The van der Waals surface area contributed by atoms with Crippen LogP contribution in [0.3, 0.4) is 0 Å². The van der Waals surface area contributed by atoms with E-state index < -0.39 is 0 Å². The fourth-order valence-electron chi connectivity index (χ4n) is 2.86. The normalized spacial score (nSPS) is 10.3. The Bertz CT molecular complexity index is 955. The SMILES string of the molecule is CCN(Cc1ccccc1)C(=O)c1ccc(Nc2ccc(C(=O)OC)cc2)nc1. The average molecular weight is 389 g/mol. The minimum absolute atomic E-state index is 0.0576. The van der Waals surface area contributed by atoms with E-state index in [4.69, 9.17) is 0 Å². The maximum Gasteiger partial charge on any atom is 0.337 e. The smallest absolute Gasteiger partial charge is 0.337 e. The van der Waals surface area contributed by atoms with Gasteiger partial charge in [0, 0.05) is 25.0 Å². The molecule has 0 aliphatic carbocycles. The fourth-order valence-corrected chi connectivity index (χ4v) is 2.86. The van der Waals surface area contributed by atoms with Crippen molar-refractivity contribution in [2.24, 2.45) is 0 Å². The summed E-state index contributed by atoms with van der Waals surface area (Å²) in [5.41, 5.74) is 2.88. The zero-order chi connectivity index (χ0) is 20.6. The van der Waals surface area contributed by atoms with Crippen LogP contribution in [0.25, 0.3) is 0 Å². The van der Waals surface area contributed by atoms with Crippen molar-refractivity contribution >= 4 is 23.4 Å². The monoisotopic (exact) mass is 389 g/mol. The van der Waals surface area contributed by atoms with E-state index in [1.807, 2.05) is 37.3 Å². The molecule has 3 rings (SSSR count). The predicted molar refractivity (Wildman–Crippen MR) is 112 cm³/mol. The standard InChI is InChI=1S/C23H23N3O3/c1-3-26(16-17-7-5-4-6-8-17)22(27)19-11-14-21(24-15-19)25-20-12-9-18(10-13-20)23(28)29-2/h4-15H,3,16H2,1-2H3,(H,24,25). The van der Waals surface area contributed by atoms with Gasteiger partial charge in [-0.05, 0) is 48.9 Å². The molecule has 0 aliphatic heterocycles. The molecule has 1 heterocycles. The Morgan fingerprint density at radius 1 is 0.966 bits per heavy atom. The number of methoxy groups -OCH3 is 1. The third kappa shape index (κ3) is 5.19. The lowest BCUT2D eigenvalue weighted by Gasteiger charge is -2.21. The lowest BCUT2D eigenvalue weighted by Crippen LogP contribution is -2.30. The molecule has 6 heteroatoms. The summed E-state index contributed by atoms with van der Waals surface area (Å²) in [7, 11) is 1.35. The van der Waals surface area contributed by atoms with E-state index >= 15 is 0 Å². The van der Waals surface area contributed by atoms with Gasteiger partial charge < -0.3 is 15.0 Å². The van der Waals surface area contributed by atoms with E-state index in [2.05, 4.69) is 15.0 Å². The predicted octanol–water partition coefficient (Wildman–Crippen LogP) is 4.27. The van der Waals surface area contributed by atoms with Gasteiger partial charge in [-0.3, -0.25) is 4.79 Å². The zero-order valence-electron chi connectivity index (χ0n) is 16.5. The molecule has 1 amide bonds. The quantitative estimate of drug-likeness (QED) is 0.611. The topological polar surface area (TPSA) is 71.5 Å². The molecule has 2 aromatic carbocycles. The number of aromatic nitrogens is 1. The molecule has 0 fully saturated rings. The van der Waals surface area contributed by atoms with Crippen LogP contribution in [0, 0.1) is 0 Å². The van der Waals surface area contributed by atoms with Crippen LogP contribution in [0.15, 0.2) is 72.9 Å². The second-order valence-electron chi connectivity index (χ2n) is 6.43. The number of anilines is 2. The van der Waals surface area contributed by atoms with Gasteiger partial charge in [0.05, 0.1) is 18.2 Å². The summed E-state index contributed by atoms with van der Waals surface area (Å²) in [4.78, 5) is 30.4. The number of ether oxygens (including phenoxy) is 1. The lowest BCUT2D eigenvalue weighted by molar-refractivity contribution is 0.0600. The van der Waals surface area contributed by atoms with Gasteiger partial charge in [-0.2, -0.15) is 0 Å². The summed E-state index contributed by atoms with van der Waals surface area (Å²) in [5.74, 6) is 0.171. The number of pyridine rings is 1. The zero-order valence-corrected chi connectivity index (χ0v) is 16.5. The van der Waals surface area contributed by atoms with E-state index in [0.717, 1.165) is 11.3 Å². The first-order chi connectivity index (χ1) is 14.1. The van der Waals surface area contributed by atoms with E-state index in [9.17, 15) is 9.59 Å². The van der Waals surface area contributed by atoms with Crippen LogP contribution in [0.5, 0.6) is 0 Å². The molecule has 1 aromatic heterocycles. The Morgan fingerprint density at radius 3 is 2.24 bits per heavy atom. The van der Waals surface area contributed by atoms with Gasteiger partial charge in [-0.15, -0.1) is 0 Å². The van der Waals surface area contributed by atoms with Gasteiger partial charge in [-0.25, -0.2) is 9.78 Å². The summed E-state index contributed by atoms with van der Waals surface area (Å²) in [6, 6.07) is 20.3. The number of benzene rings is 2. The van der Waals surface area contributed by atoms with Crippen LogP contribution in [-0.4, -0.2) is 35.4 Å². The van der Waals surface area contributed by atoms with E-state index in [1.165, 1.54) is 7.11 Å². The van der Waals surface area contributed by atoms with Crippen LogP contribution in [0.2, 0.25) is 0 Å². The first-order valence-corrected chi connectivity index (χ1v) is 9.35. The molecule has 0 bridgehead atoms. The number of nitrogens with zero attached hydrogens (tertiary/aromatic N) is 2. The highest BCUT2D eigenvalue weighted by molar-refractivity contribution is 5.94. The number of nitrogens with one attached hydrogen (secondary N) is 1. The van der Waals surface area contributed by atoms with Gasteiger partial charge in [0.25, 0.3) is 5.91 Å². The van der Waals surface area contributed by atoms with Crippen molar-refractivity contribution in [3.63, 3.8) is 0 Å². The van der Waals surface area contributed by atoms with Crippen LogP contribution >= 0.6 is 0 Å². The van der Waals surface area contributed by atoms with Gasteiger partial charge in [0.15, 0.2) is 0 Å². The molecule has 0 radical (unpaired) electrons. The summed E-state index contributed by atoms with van der Waals surface area (Å²) in [6.07, 6.45) is 1.57. The molecule has 6 nitrogen and oxygen atoms in total. The molecule has 148 valence electrons. The third-order valence-corrected chi connectivity index (χ3v) is 4.47. The molecule has 0 saturated carbocycles. The lowest BCUT2D eigenvalue weighted by atomic mass is 10.2. The highest BCUT2D eigenvalue weighted by Crippen LogP contribution is 2.17. The van der Waals surface area contributed by atoms with Crippen LogP contribution in [0.1, 0.15) is 33.2 Å². The summed E-state index contributed by atoms with van der Waals surface area (Å²) < 4.78 is 4.69. The van der Waals surface area contributed by atoms with Crippen LogP contribution in [-0.2, 0) is 11.3 Å². The van der Waals surface area contributed by atoms with Crippen molar-refractivity contribution in [3.8, 4) is 0 Å². The minimum atomic E-state index is -0.381. The molecule has 0 spiro atoms. The summed E-state index contributed by atoms with van der Waals surface area (Å²) in [5, 5.41) is 3.15. The second-order valence-corrected chi connectivity index (χ2v) is 6.43. The van der Waals surface area contributed by atoms with Gasteiger partial charge in [0.2, 0.25) is 0 Å². The number of rotatable bonds is 7. The van der Waals surface area contributed by atoms with Crippen molar-refractivity contribution in [1.82, 2.24) is 9.88 Å². The first-order valence-electron chi connectivity index (χ1n) is 9.35. The minimum Gasteiger partial charge on any atom is -0.465 e. The number of carbonyl (C=O) groups excluding carboxylic acids is 2. The van der Waals surface area contributed by atoms with E-state index in [1.54, 1.807) is 47.5 Å².